The Morgan fingerprint density at radius 2 is 1.76 bits per heavy atom. The summed E-state index contributed by atoms with van der Waals surface area (Å²) in [6.07, 6.45) is 7.00. The second kappa shape index (κ2) is 8.56. The Bertz CT molecular complexity index is 1000. The summed E-state index contributed by atoms with van der Waals surface area (Å²) in [5, 5.41) is 4.01. The Hall–Kier alpha value is -3.01. The number of hydrogen-bond donors (Lipinski definition) is 0. The zero-order chi connectivity index (χ0) is 20.1. The molecule has 146 valence electrons. The van der Waals surface area contributed by atoms with E-state index in [0.29, 0.717) is 17.7 Å². The maximum absolute atomic E-state index is 12.9. The number of benzene rings is 2. The number of aromatic nitrogens is 2. The average Bonchev–Trinajstić information content (AvgIpc) is 3.27. The molecule has 1 aliphatic rings. The second-order valence-electron chi connectivity index (χ2n) is 7.11. The molecule has 0 unspecified atom stereocenters. The van der Waals surface area contributed by atoms with Gasteiger partial charge in [-0.1, -0.05) is 71.1 Å². The van der Waals surface area contributed by atoms with Gasteiger partial charge in [-0.25, -0.2) is 4.79 Å². The minimum atomic E-state index is -0.901. The van der Waals surface area contributed by atoms with Gasteiger partial charge in [0.1, 0.15) is 0 Å². The lowest BCUT2D eigenvalue weighted by Gasteiger charge is -2.37. The number of carbonyl (C=O) groups excluding carboxylic acids is 1. The van der Waals surface area contributed by atoms with Crippen molar-refractivity contribution >= 4 is 17.5 Å². The van der Waals surface area contributed by atoms with Crippen LogP contribution in [-0.4, -0.2) is 39.1 Å². The predicted molar refractivity (Wildman–Crippen MR) is 113 cm³/mol. The summed E-state index contributed by atoms with van der Waals surface area (Å²) >= 11 is 1.18. The van der Waals surface area contributed by atoms with Gasteiger partial charge in [-0.15, -0.1) is 11.5 Å². The molecule has 4 rings (SSSR count). The van der Waals surface area contributed by atoms with E-state index in [1.165, 1.54) is 17.1 Å². The van der Waals surface area contributed by atoms with Crippen LogP contribution in [0.1, 0.15) is 28.9 Å². The van der Waals surface area contributed by atoms with Crippen molar-refractivity contribution in [3.8, 4) is 22.8 Å². The summed E-state index contributed by atoms with van der Waals surface area (Å²) < 4.78 is 9.79. The lowest BCUT2D eigenvalue weighted by molar-refractivity contribution is -0.0209. The number of terminal acetylenes is 1. The molecule has 1 saturated heterocycles. The zero-order valence-corrected chi connectivity index (χ0v) is 16.8. The van der Waals surface area contributed by atoms with Crippen molar-refractivity contribution in [3.63, 3.8) is 0 Å². The molecule has 2 heterocycles. The van der Waals surface area contributed by atoms with Crippen molar-refractivity contribution in [1.82, 2.24) is 14.5 Å². The Balaban J connectivity index is 1.43. The Labute approximate surface area is 174 Å². The number of piperidine rings is 1. The maximum Gasteiger partial charge on any atom is 0.362 e. The Kier molecular flexibility index (Phi) is 5.70. The van der Waals surface area contributed by atoms with Crippen molar-refractivity contribution in [3.05, 3.63) is 71.9 Å². The summed E-state index contributed by atoms with van der Waals surface area (Å²) in [4.78, 5) is 15.9. The van der Waals surface area contributed by atoms with E-state index < -0.39 is 11.6 Å². The number of rotatable bonds is 5. The first kappa shape index (κ1) is 19.3. The van der Waals surface area contributed by atoms with E-state index in [-0.39, 0.29) is 5.69 Å². The van der Waals surface area contributed by atoms with Crippen molar-refractivity contribution in [2.24, 2.45) is 0 Å². The summed E-state index contributed by atoms with van der Waals surface area (Å²) in [5.41, 5.74) is 1.48. The first-order chi connectivity index (χ1) is 14.2. The van der Waals surface area contributed by atoms with E-state index in [0.717, 1.165) is 25.2 Å². The number of carbonyl (C=O) groups is 1. The number of esters is 1. The summed E-state index contributed by atoms with van der Waals surface area (Å²) in [6, 6.07) is 19.9. The first-order valence-electron chi connectivity index (χ1n) is 9.54. The molecule has 0 saturated carbocycles. The minimum Gasteiger partial charge on any atom is -0.441 e. The molecule has 3 aromatic rings. The van der Waals surface area contributed by atoms with Gasteiger partial charge in [0.05, 0.1) is 4.88 Å². The highest BCUT2D eigenvalue weighted by molar-refractivity contribution is 7.09. The summed E-state index contributed by atoms with van der Waals surface area (Å²) in [6.45, 7) is 2.41. The molecule has 0 N–H and O–H groups in total. The van der Waals surface area contributed by atoms with Crippen LogP contribution >= 0.6 is 11.5 Å². The van der Waals surface area contributed by atoms with E-state index in [2.05, 4.69) is 32.5 Å². The highest BCUT2D eigenvalue weighted by Gasteiger charge is 2.38. The molecular weight excluding hydrogens is 382 g/mol. The van der Waals surface area contributed by atoms with Gasteiger partial charge in [-0.2, -0.15) is 0 Å². The highest BCUT2D eigenvalue weighted by Crippen LogP contribution is 2.31. The highest BCUT2D eigenvalue weighted by atomic mass is 32.1. The molecule has 5 nitrogen and oxygen atoms in total. The lowest BCUT2D eigenvalue weighted by atomic mass is 9.91. The van der Waals surface area contributed by atoms with Gasteiger partial charge in [0.25, 0.3) is 0 Å². The molecule has 0 aliphatic carbocycles. The van der Waals surface area contributed by atoms with E-state index in [1.54, 1.807) is 0 Å². The standard InChI is InChI=1S/C23H21N3O2S/c1-2-23(13-15-26(16-14-23)17-18-9-5-3-6-10-18)28-22(27)20-21(29-25-24-20)19-11-7-4-8-12-19/h1,3-12H,13-17H2. The van der Waals surface area contributed by atoms with E-state index in [4.69, 9.17) is 11.2 Å². The summed E-state index contributed by atoms with van der Waals surface area (Å²) in [7, 11) is 0. The molecule has 0 bridgehead atoms. The van der Waals surface area contributed by atoms with Crippen LogP contribution in [0.5, 0.6) is 0 Å². The topological polar surface area (TPSA) is 55.3 Å². The van der Waals surface area contributed by atoms with Crippen LogP contribution in [0.2, 0.25) is 0 Å². The van der Waals surface area contributed by atoms with Crippen molar-refractivity contribution in [1.29, 1.82) is 0 Å². The fourth-order valence-electron chi connectivity index (χ4n) is 3.52. The molecule has 0 radical (unpaired) electrons. The van der Waals surface area contributed by atoms with Gasteiger partial charge in [-0.05, 0) is 22.7 Å². The van der Waals surface area contributed by atoms with Crippen LogP contribution in [0.25, 0.3) is 10.4 Å². The molecule has 0 amide bonds. The van der Waals surface area contributed by atoms with Gasteiger partial charge >= 0.3 is 5.97 Å². The molecule has 1 aliphatic heterocycles. The molecule has 0 atom stereocenters. The van der Waals surface area contributed by atoms with Crippen LogP contribution in [-0.2, 0) is 11.3 Å². The molecular formula is C23H21N3O2S. The number of likely N-dealkylation sites (tertiary alicyclic amines) is 1. The fraction of sp³-hybridized carbons (Fsp3) is 0.261. The normalized spacial score (nSPS) is 16.1. The van der Waals surface area contributed by atoms with Gasteiger partial charge in [0.2, 0.25) is 0 Å². The third-order valence-electron chi connectivity index (χ3n) is 5.18. The van der Waals surface area contributed by atoms with Gasteiger partial charge in [0.15, 0.2) is 11.3 Å². The third-order valence-corrected chi connectivity index (χ3v) is 5.96. The smallest absolute Gasteiger partial charge is 0.362 e. The van der Waals surface area contributed by atoms with Crippen LogP contribution < -0.4 is 0 Å². The zero-order valence-electron chi connectivity index (χ0n) is 16.0. The van der Waals surface area contributed by atoms with Crippen LogP contribution in [0.3, 0.4) is 0 Å². The van der Waals surface area contributed by atoms with Gasteiger partial charge in [-0.3, -0.25) is 4.90 Å². The number of nitrogens with zero attached hydrogens (tertiary/aromatic N) is 3. The summed E-state index contributed by atoms with van der Waals surface area (Å²) in [5.74, 6) is 2.23. The minimum absolute atomic E-state index is 0.225. The van der Waals surface area contributed by atoms with Crippen LogP contribution in [0.4, 0.5) is 0 Å². The van der Waals surface area contributed by atoms with Gasteiger partial charge in [0, 0.05) is 32.5 Å². The van der Waals surface area contributed by atoms with E-state index in [1.807, 2.05) is 48.5 Å². The average molecular weight is 404 g/mol. The van der Waals surface area contributed by atoms with Crippen LogP contribution in [0.15, 0.2) is 60.7 Å². The van der Waals surface area contributed by atoms with Crippen molar-refractivity contribution in [2.45, 2.75) is 25.0 Å². The molecule has 2 aromatic carbocycles. The quantitative estimate of drug-likeness (QED) is 0.476. The van der Waals surface area contributed by atoms with Gasteiger partial charge < -0.3 is 4.74 Å². The monoisotopic (exact) mass is 403 g/mol. The Morgan fingerprint density at radius 1 is 1.10 bits per heavy atom. The first-order valence-corrected chi connectivity index (χ1v) is 10.3. The third kappa shape index (κ3) is 4.37. The number of ether oxygens (including phenoxy) is 1. The van der Waals surface area contributed by atoms with Crippen LogP contribution in [0, 0.1) is 12.3 Å². The maximum atomic E-state index is 12.9. The van der Waals surface area contributed by atoms with E-state index >= 15 is 0 Å². The largest absolute Gasteiger partial charge is 0.441 e. The molecule has 1 fully saturated rings. The Morgan fingerprint density at radius 3 is 2.41 bits per heavy atom. The SMILES string of the molecule is C#CC1(OC(=O)c2nnsc2-c2ccccc2)CCN(Cc2ccccc2)CC1. The van der Waals surface area contributed by atoms with E-state index in [9.17, 15) is 4.79 Å². The number of hydrogen-bond acceptors (Lipinski definition) is 6. The lowest BCUT2D eigenvalue weighted by Crippen LogP contribution is -2.46. The molecule has 6 heteroatoms. The fourth-order valence-corrected chi connectivity index (χ4v) is 4.18. The second-order valence-corrected chi connectivity index (χ2v) is 7.86. The molecule has 0 spiro atoms. The molecule has 29 heavy (non-hydrogen) atoms. The van der Waals surface area contributed by atoms with Crippen molar-refractivity contribution < 1.29 is 9.53 Å². The molecule has 1 aromatic heterocycles. The van der Waals surface area contributed by atoms with Crippen molar-refractivity contribution in [2.75, 3.05) is 13.1 Å². The predicted octanol–water partition coefficient (Wildman–Crippen LogP) is 4.03.